The first-order valence-electron chi connectivity index (χ1n) is 6.21. The number of hydrogen-bond donors (Lipinski definition) is 0. The van der Waals surface area contributed by atoms with E-state index in [2.05, 4.69) is 31.0 Å². The van der Waals surface area contributed by atoms with Crippen LogP contribution in [0.5, 0.6) is 0 Å². The summed E-state index contributed by atoms with van der Waals surface area (Å²) < 4.78 is 2.77. The van der Waals surface area contributed by atoms with Gasteiger partial charge in [-0.2, -0.15) is 5.10 Å². The monoisotopic (exact) mass is 322 g/mol. The second-order valence-electron chi connectivity index (χ2n) is 4.05. The van der Waals surface area contributed by atoms with Crippen molar-refractivity contribution in [3.8, 4) is 0 Å². The third-order valence-corrected chi connectivity index (χ3v) is 3.75. The molecule has 0 amide bonds. The molecule has 0 aliphatic heterocycles. The van der Waals surface area contributed by atoms with E-state index in [0.717, 1.165) is 28.8 Å². The Morgan fingerprint density at radius 1 is 1.32 bits per heavy atom. The van der Waals surface area contributed by atoms with Gasteiger partial charge in [0, 0.05) is 18.9 Å². The smallest absolute Gasteiger partial charge is 0.205 e. The summed E-state index contributed by atoms with van der Waals surface area (Å²) in [6.45, 7) is 4.78. The highest BCUT2D eigenvalue weighted by molar-refractivity contribution is 9.10. The Labute approximate surface area is 120 Å². The second-order valence-corrected chi connectivity index (χ2v) is 4.84. The molecule has 0 spiro atoms. The molecule has 2 aromatic rings. The van der Waals surface area contributed by atoms with Crippen LogP contribution in [0.2, 0.25) is 0 Å². The molecule has 0 atom stereocenters. The molecule has 0 radical (unpaired) electrons. The van der Waals surface area contributed by atoms with E-state index in [1.807, 2.05) is 18.5 Å². The van der Waals surface area contributed by atoms with Crippen LogP contribution < -0.4 is 0 Å². The molecule has 0 N–H and O–H groups in total. The number of nitrogens with zero attached hydrogens (tertiary/aromatic N) is 4. The predicted molar refractivity (Wildman–Crippen MR) is 75.0 cm³/mol. The van der Waals surface area contributed by atoms with Crippen LogP contribution >= 0.6 is 15.9 Å². The number of aromatic nitrogens is 4. The predicted octanol–water partition coefficient (Wildman–Crippen LogP) is 2.44. The number of rotatable bonds is 5. The Bertz CT molecular complexity index is 580. The lowest BCUT2D eigenvalue weighted by Crippen LogP contribution is -2.12. The molecule has 5 nitrogen and oxygen atoms in total. The molecule has 2 aromatic heterocycles. The molecule has 0 unspecified atom stereocenters. The average Bonchev–Trinajstić information content (AvgIpc) is 2.76. The quantitative estimate of drug-likeness (QED) is 0.793. The first-order chi connectivity index (χ1) is 9.17. The molecule has 0 aliphatic rings. The Balaban J connectivity index is 2.28. The van der Waals surface area contributed by atoms with Crippen LogP contribution in [0.25, 0.3) is 0 Å². The summed E-state index contributed by atoms with van der Waals surface area (Å²) in [7, 11) is 0. The number of aryl methyl sites for hydroxylation is 2. The fraction of sp³-hybridized carbons (Fsp3) is 0.385. The third kappa shape index (κ3) is 2.89. The van der Waals surface area contributed by atoms with E-state index in [1.165, 1.54) is 0 Å². The summed E-state index contributed by atoms with van der Waals surface area (Å²) >= 11 is 3.53. The van der Waals surface area contributed by atoms with Crippen molar-refractivity contribution in [2.45, 2.75) is 33.2 Å². The van der Waals surface area contributed by atoms with Crippen molar-refractivity contribution in [2.75, 3.05) is 0 Å². The van der Waals surface area contributed by atoms with Crippen LogP contribution in [0.1, 0.15) is 35.9 Å². The standard InChI is InChI=1S/C13H15BrN4O/c1-3-9-12(14)10(18(4-2)17-9)8-11(19)13-15-6-5-7-16-13/h5-7H,3-4,8H2,1-2H3. The van der Waals surface area contributed by atoms with Crippen LogP contribution in [0, 0.1) is 0 Å². The van der Waals surface area contributed by atoms with Gasteiger partial charge in [0.15, 0.2) is 5.82 Å². The summed E-state index contributed by atoms with van der Waals surface area (Å²) in [5, 5.41) is 4.47. The van der Waals surface area contributed by atoms with Gasteiger partial charge < -0.3 is 0 Å². The van der Waals surface area contributed by atoms with Gasteiger partial charge in [-0.05, 0) is 35.3 Å². The van der Waals surface area contributed by atoms with Crippen LogP contribution in [-0.4, -0.2) is 25.5 Å². The lowest BCUT2D eigenvalue weighted by molar-refractivity contribution is 0.0980. The molecule has 0 bridgehead atoms. The minimum atomic E-state index is -0.0986. The first kappa shape index (κ1) is 13.9. The van der Waals surface area contributed by atoms with Gasteiger partial charge in [-0.3, -0.25) is 9.48 Å². The van der Waals surface area contributed by atoms with Gasteiger partial charge in [0.1, 0.15) is 0 Å². The first-order valence-corrected chi connectivity index (χ1v) is 7.00. The van der Waals surface area contributed by atoms with Crippen molar-refractivity contribution < 1.29 is 4.79 Å². The maximum absolute atomic E-state index is 12.1. The van der Waals surface area contributed by atoms with Gasteiger partial charge in [-0.15, -0.1) is 0 Å². The summed E-state index contributed by atoms with van der Waals surface area (Å²) in [5.74, 6) is 0.148. The SMILES string of the molecule is CCc1nn(CC)c(CC(=O)c2ncccn2)c1Br. The van der Waals surface area contributed by atoms with Gasteiger partial charge in [0.25, 0.3) is 0 Å². The van der Waals surface area contributed by atoms with Crippen molar-refractivity contribution in [1.29, 1.82) is 0 Å². The molecule has 2 rings (SSSR count). The van der Waals surface area contributed by atoms with Crippen molar-refractivity contribution in [1.82, 2.24) is 19.7 Å². The van der Waals surface area contributed by atoms with Crippen molar-refractivity contribution in [3.05, 3.63) is 40.1 Å². The van der Waals surface area contributed by atoms with E-state index < -0.39 is 0 Å². The molecular formula is C13H15BrN4O. The topological polar surface area (TPSA) is 60.7 Å². The minimum absolute atomic E-state index is 0.0986. The van der Waals surface area contributed by atoms with Gasteiger partial charge in [0.05, 0.1) is 22.3 Å². The molecule has 0 aromatic carbocycles. The van der Waals surface area contributed by atoms with E-state index in [4.69, 9.17) is 0 Å². The minimum Gasteiger partial charge on any atom is -0.290 e. The molecule has 0 fully saturated rings. The largest absolute Gasteiger partial charge is 0.290 e. The highest BCUT2D eigenvalue weighted by Crippen LogP contribution is 2.23. The lowest BCUT2D eigenvalue weighted by atomic mass is 10.2. The Kier molecular flexibility index (Phi) is 4.42. The van der Waals surface area contributed by atoms with E-state index in [-0.39, 0.29) is 18.0 Å². The molecule has 2 heterocycles. The third-order valence-electron chi connectivity index (χ3n) is 2.84. The Hall–Kier alpha value is -1.56. The van der Waals surface area contributed by atoms with Gasteiger partial charge >= 0.3 is 0 Å². The number of ketones is 1. The number of hydrogen-bond acceptors (Lipinski definition) is 4. The molecule has 0 aliphatic carbocycles. The van der Waals surface area contributed by atoms with Crippen LogP contribution in [-0.2, 0) is 19.4 Å². The zero-order valence-electron chi connectivity index (χ0n) is 10.9. The highest BCUT2D eigenvalue weighted by Gasteiger charge is 2.18. The van der Waals surface area contributed by atoms with Crippen LogP contribution in [0.4, 0.5) is 0 Å². The molecule has 6 heteroatoms. The van der Waals surface area contributed by atoms with Crippen LogP contribution in [0.3, 0.4) is 0 Å². The zero-order valence-corrected chi connectivity index (χ0v) is 12.5. The van der Waals surface area contributed by atoms with E-state index in [9.17, 15) is 4.79 Å². The molecular weight excluding hydrogens is 308 g/mol. The van der Waals surface area contributed by atoms with Crippen molar-refractivity contribution >= 4 is 21.7 Å². The lowest BCUT2D eigenvalue weighted by Gasteiger charge is -2.04. The summed E-state index contributed by atoms with van der Waals surface area (Å²) in [6.07, 6.45) is 4.23. The molecule has 100 valence electrons. The highest BCUT2D eigenvalue weighted by atomic mass is 79.9. The zero-order chi connectivity index (χ0) is 13.8. The molecule has 19 heavy (non-hydrogen) atoms. The summed E-state index contributed by atoms with van der Waals surface area (Å²) in [4.78, 5) is 20.1. The fourth-order valence-corrected chi connectivity index (χ4v) is 2.56. The fourth-order valence-electron chi connectivity index (χ4n) is 1.86. The van der Waals surface area contributed by atoms with Crippen LogP contribution in [0.15, 0.2) is 22.9 Å². The number of carbonyl (C=O) groups excluding carboxylic acids is 1. The maximum Gasteiger partial charge on any atom is 0.205 e. The van der Waals surface area contributed by atoms with E-state index in [0.29, 0.717) is 0 Å². The number of halogens is 1. The summed E-state index contributed by atoms with van der Waals surface area (Å²) in [5.41, 5.74) is 1.86. The normalized spacial score (nSPS) is 10.7. The van der Waals surface area contributed by atoms with E-state index >= 15 is 0 Å². The maximum atomic E-state index is 12.1. The van der Waals surface area contributed by atoms with Gasteiger partial charge in [0.2, 0.25) is 5.78 Å². The second kappa shape index (κ2) is 6.06. The van der Waals surface area contributed by atoms with Crippen molar-refractivity contribution in [3.63, 3.8) is 0 Å². The van der Waals surface area contributed by atoms with Gasteiger partial charge in [-0.25, -0.2) is 9.97 Å². The number of carbonyl (C=O) groups is 1. The van der Waals surface area contributed by atoms with Crippen molar-refractivity contribution in [2.24, 2.45) is 0 Å². The Morgan fingerprint density at radius 2 is 2.00 bits per heavy atom. The summed E-state index contributed by atoms with van der Waals surface area (Å²) in [6, 6.07) is 1.69. The molecule has 0 saturated carbocycles. The average molecular weight is 323 g/mol. The number of Topliss-reactive ketones (excluding diaryl/α,β-unsaturated/α-hetero) is 1. The molecule has 0 saturated heterocycles. The Morgan fingerprint density at radius 3 is 2.58 bits per heavy atom. The van der Waals surface area contributed by atoms with E-state index in [1.54, 1.807) is 18.5 Å². The van der Waals surface area contributed by atoms with Gasteiger partial charge in [-0.1, -0.05) is 6.92 Å².